The van der Waals surface area contributed by atoms with Gasteiger partial charge in [-0.15, -0.1) is 0 Å². The molecule has 3 amide bonds. The summed E-state index contributed by atoms with van der Waals surface area (Å²) in [4.78, 5) is 60.0. The topological polar surface area (TPSA) is 180 Å². The van der Waals surface area contributed by atoms with E-state index < -0.39 is 61.5 Å². The molecule has 0 bridgehead atoms. The minimum atomic E-state index is -1.36. The van der Waals surface area contributed by atoms with E-state index in [1.165, 1.54) is 0 Å². The number of carbonyl (C=O) groups excluding carboxylic acids is 4. The molecular formula is C25H29N3O9. The highest BCUT2D eigenvalue weighted by Crippen LogP contribution is 2.04. The van der Waals surface area contributed by atoms with Crippen molar-refractivity contribution in [1.82, 2.24) is 16.0 Å². The van der Waals surface area contributed by atoms with Crippen molar-refractivity contribution in [2.45, 2.75) is 38.1 Å². The molecule has 12 nitrogen and oxygen atoms in total. The van der Waals surface area contributed by atoms with Crippen LogP contribution in [0.4, 0.5) is 4.79 Å². The largest absolute Gasteiger partial charge is 0.481 e. The number of carboxylic acids is 1. The summed E-state index contributed by atoms with van der Waals surface area (Å²) in [6.07, 6.45) is -1.63. The van der Waals surface area contributed by atoms with E-state index in [1.54, 1.807) is 60.7 Å². The Kier molecular flexibility index (Phi) is 12.1. The van der Waals surface area contributed by atoms with Crippen LogP contribution >= 0.6 is 0 Å². The third kappa shape index (κ3) is 11.2. The Hall–Kier alpha value is -4.45. The van der Waals surface area contributed by atoms with Crippen molar-refractivity contribution in [2.75, 3.05) is 13.2 Å². The van der Waals surface area contributed by atoms with E-state index >= 15 is 0 Å². The molecule has 0 radical (unpaired) electrons. The number of rotatable bonds is 14. The van der Waals surface area contributed by atoms with Crippen LogP contribution in [0.2, 0.25) is 0 Å². The highest BCUT2D eigenvalue weighted by Gasteiger charge is 2.25. The monoisotopic (exact) mass is 515 g/mol. The summed E-state index contributed by atoms with van der Waals surface area (Å²) in [5, 5.41) is 25.2. The smallest absolute Gasteiger partial charge is 0.408 e. The maximum Gasteiger partial charge on any atom is 0.408 e. The van der Waals surface area contributed by atoms with Gasteiger partial charge < -0.3 is 35.6 Å². The minimum Gasteiger partial charge on any atom is -0.481 e. The number of carboxylic acid groups (broad SMARTS) is 1. The average molecular weight is 516 g/mol. The molecule has 2 rings (SSSR count). The number of nitrogens with one attached hydrogen (secondary N) is 3. The van der Waals surface area contributed by atoms with Gasteiger partial charge >= 0.3 is 18.0 Å². The van der Waals surface area contributed by atoms with E-state index in [-0.39, 0.29) is 19.6 Å². The van der Waals surface area contributed by atoms with E-state index in [1.807, 2.05) is 0 Å². The summed E-state index contributed by atoms with van der Waals surface area (Å²) in [6, 6.07) is 14.9. The van der Waals surface area contributed by atoms with Crippen molar-refractivity contribution in [2.24, 2.45) is 0 Å². The quantitative estimate of drug-likeness (QED) is 0.224. The molecule has 0 fully saturated rings. The van der Waals surface area contributed by atoms with Crippen molar-refractivity contribution >= 4 is 29.8 Å². The molecule has 0 saturated carbocycles. The number of amides is 3. The van der Waals surface area contributed by atoms with Crippen LogP contribution in [0.5, 0.6) is 0 Å². The van der Waals surface area contributed by atoms with Crippen LogP contribution < -0.4 is 16.0 Å². The maximum absolute atomic E-state index is 12.5. The van der Waals surface area contributed by atoms with Crippen molar-refractivity contribution in [3.05, 3.63) is 71.8 Å². The number of carbonyl (C=O) groups is 5. The molecule has 0 aliphatic rings. The highest BCUT2D eigenvalue weighted by atomic mass is 16.5. The standard InChI is InChI=1S/C25H29N3O9/c29-14-20(24(34)36-15-17-7-3-1-4-8-17)27-21(30)13-26-23(33)19(11-12-22(31)32)28-25(35)37-16-18-9-5-2-6-10-18/h1-10,19-20,29H,11-16H2,(H,26,33)(H,27,30)(H,28,35)(H,31,32)/t19-,20-/m0/s1. The summed E-state index contributed by atoms with van der Waals surface area (Å²) in [5.74, 6) is -3.70. The second-order valence-electron chi connectivity index (χ2n) is 7.80. The van der Waals surface area contributed by atoms with Crippen molar-refractivity contribution in [3.8, 4) is 0 Å². The molecule has 198 valence electrons. The van der Waals surface area contributed by atoms with E-state index in [0.717, 1.165) is 0 Å². The Morgan fingerprint density at radius 2 is 1.35 bits per heavy atom. The fourth-order valence-corrected chi connectivity index (χ4v) is 2.99. The van der Waals surface area contributed by atoms with Crippen LogP contribution in [0.15, 0.2) is 60.7 Å². The summed E-state index contributed by atoms with van der Waals surface area (Å²) < 4.78 is 10.1. The van der Waals surface area contributed by atoms with Gasteiger partial charge in [0.2, 0.25) is 11.8 Å². The first-order valence-electron chi connectivity index (χ1n) is 11.4. The lowest BCUT2D eigenvalue weighted by Crippen LogP contribution is -2.51. The first-order valence-corrected chi connectivity index (χ1v) is 11.4. The zero-order chi connectivity index (χ0) is 27.0. The van der Waals surface area contributed by atoms with Gasteiger partial charge in [-0.2, -0.15) is 0 Å². The second kappa shape index (κ2) is 15.5. The van der Waals surface area contributed by atoms with Gasteiger partial charge in [0, 0.05) is 6.42 Å². The molecule has 0 aliphatic heterocycles. The lowest BCUT2D eigenvalue weighted by atomic mass is 10.1. The highest BCUT2D eigenvalue weighted by molar-refractivity contribution is 5.91. The molecule has 0 unspecified atom stereocenters. The summed E-state index contributed by atoms with van der Waals surface area (Å²) in [5.41, 5.74) is 1.43. The summed E-state index contributed by atoms with van der Waals surface area (Å²) >= 11 is 0. The van der Waals surface area contributed by atoms with E-state index in [0.29, 0.717) is 11.1 Å². The number of aliphatic carboxylic acids is 1. The summed E-state index contributed by atoms with van der Waals surface area (Å²) in [7, 11) is 0. The van der Waals surface area contributed by atoms with Crippen LogP contribution in [0.25, 0.3) is 0 Å². The van der Waals surface area contributed by atoms with E-state index in [2.05, 4.69) is 16.0 Å². The molecule has 2 aromatic rings. The van der Waals surface area contributed by atoms with Crippen LogP contribution in [0, 0.1) is 0 Å². The van der Waals surface area contributed by atoms with Crippen molar-refractivity contribution in [3.63, 3.8) is 0 Å². The number of hydrogen-bond donors (Lipinski definition) is 5. The lowest BCUT2D eigenvalue weighted by molar-refractivity contribution is -0.150. The van der Waals surface area contributed by atoms with Gasteiger partial charge in [0.15, 0.2) is 6.04 Å². The molecule has 0 aliphatic carbocycles. The fraction of sp³-hybridized carbons (Fsp3) is 0.320. The predicted molar refractivity (Wildman–Crippen MR) is 129 cm³/mol. The van der Waals surface area contributed by atoms with Gasteiger partial charge in [0.05, 0.1) is 13.2 Å². The number of aliphatic hydroxyl groups excluding tert-OH is 1. The summed E-state index contributed by atoms with van der Waals surface area (Å²) in [6.45, 7) is -1.46. The Balaban J connectivity index is 1.83. The molecule has 0 spiro atoms. The Morgan fingerprint density at radius 3 is 1.89 bits per heavy atom. The number of ether oxygens (including phenoxy) is 2. The molecule has 0 aromatic heterocycles. The number of esters is 1. The fourth-order valence-electron chi connectivity index (χ4n) is 2.99. The van der Waals surface area contributed by atoms with Crippen molar-refractivity contribution < 1.29 is 43.7 Å². The molecule has 37 heavy (non-hydrogen) atoms. The molecule has 12 heteroatoms. The normalized spacial score (nSPS) is 11.9. The zero-order valence-electron chi connectivity index (χ0n) is 19.9. The molecular weight excluding hydrogens is 486 g/mol. The van der Waals surface area contributed by atoms with Gasteiger partial charge in [-0.05, 0) is 17.5 Å². The van der Waals surface area contributed by atoms with Crippen LogP contribution in [0.3, 0.4) is 0 Å². The van der Waals surface area contributed by atoms with E-state index in [9.17, 15) is 29.1 Å². The van der Waals surface area contributed by atoms with Crippen LogP contribution in [0.1, 0.15) is 24.0 Å². The SMILES string of the molecule is O=C(O)CC[C@H](NC(=O)OCc1ccccc1)C(=O)NCC(=O)N[C@@H](CO)C(=O)OCc1ccccc1. The van der Waals surface area contributed by atoms with Gasteiger partial charge in [0.1, 0.15) is 19.3 Å². The Labute approximate surface area is 213 Å². The Morgan fingerprint density at radius 1 is 0.784 bits per heavy atom. The van der Waals surface area contributed by atoms with Crippen LogP contribution in [-0.2, 0) is 41.9 Å². The third-order valence-corrected chi connectivity index (χ3v) is 4.92. The van der Waals surface area contributed by atoms with E-state index in [4.69, 9.17) is 14.6 Å². The first kappa shape index (κ1) is 28.8. The lowest BCUT2D eigenvalue weighted by Gasteiger charge is -2.19. The molecule has 2 atom stereocenters. The Bertz CT molecular complexity index is 1050. The van der Waals surface area contributed by atoms with Crippen molar-refractivity contribution in [1.29, 1.82) is 0 Å². The number of hydrogen-bond acceptors (Lipinski definition) is 8. The average Bonchev–Trinajstić information content (AvgIpc) is 2.91. The predicted octanol–water partition coefficient (Wildman–Crippen LogP) is 0.483. The zero-order valence-corrected chi connectivity index (χ0v) is 19.9. The number of aliphatic hydroxyl groups is 1. The van der Waals surface area contributed by atoms with Gasteiger partial charge in [-0.25, -0.2) is 9.59 Å². The van der Waals surface area contributed by atoms with Crippen LogP contribution in [-0.4, -0.2) is 65.3 Å². The first-order chi connectivity index (χ1) is 17.8. The van der Waals surface area contributed by atoms with Gasteiger partial charge in [0.25, 0.3) is 0 Å². The minimum absolute atomic E-state index is 0.0555. The molecule has 5 N–H and O–H groups in total. The molecule has 0 heterocycles. The molecule has 0 saturated heterocycles. The number of benzene rings is 2. The number of alkyl carbamates (subject to hydrolysis) is 1. The van der Waals surface area contributed by atoms with Gasteiger partial charge in [-0.3, -0.25) is 14.4 Å². The third-order valence-electron chi connectivity index (χ3n) is 4.92. The second-order valence-corrected chi connectivity index (χ2v) is 7.80. The van der Waals surface area contributed by atoms with Gasteiger partial charge in [-0.1, -0.05) is 60.7 Å². The molecule has 2 aromatic carbocycles. The maximum atomic E-state index is 12.5.